The summed E-state index contributed by atoms with van der Waals surface area (Å²) in [7, 11) is 0. The van der Waals surface area contributed by atoms with Gasteiger partial charge in [0.25, 0.3) is 0 Å². The fourth-order valence-electron chi connectivity index (χ4n) is 2.80. The molecule has 2 aliphatic rings. The molecule has 0 spiro atoms. The Kier molecular flexibility index (Phi) is 3.12. The van der Waals surface area contributed by atoms with Gasteiger partial charge < -0.3 is 4.74 Å². The Labute approximate surface area is 91.8 Å². The van der Waals surface area contributed by atoms with Gasteiger partial charge in [0.1, 0.15) is 5.78 Å². The van der Waals surface area contributed by atoms with Crippen molar-refractivity contribution in [3.05, 3.63) is 0 Å². The van der Waals surface area contributed by atoms with Crippen molar-refractivity contribution in [3.63, 3.8) is 0 Å². The van der Waals surface area contributed by atoms with Crippen LogP contribution in [0.15, 0.2) is 0 Å². The smallest absolute Gasteiger partial charge is 0.133 e. The molecule has 15 heavy (non-hydrogen) atoms. The first-order valence-corrected chi connectivity index (χ1v) is 6.03. The summed E-state index contributed by atoms with van der Waals surface area (Å²) in [5, 5.41) is 0. The molecule has 1 heterocycles. The van der Waals surface area contributed by atoms with Crippen molar-refractivity contribution in [1.29, 1.82) is 0 Å². The van der Waals surface area contributed by atoms with Crippen LogP contribution in [0.3, 0.4) is 0 Å². The Bertz CT molecular complexity index is 236. The Morgan fingerprint density at radius 1 is 1.40 bits per heavy atom. The van der Waals surface area contributed by atoms with Crippen LogP contribution in [0, 0.1) is 0 Å². The lowest BCUT2D eigenvalue weighted by Crippen LogP contribution is -2.64. The quantitative estimate of drug-likeness (QED) is 0.710. The average Bonchev–Trinajstić information content (AvgIpc) is 2.16. The largest absolute Gasteiger partial charge is 0.373 e. The number of hydrogen-bond donors (Lipinski definition) is 0. The van der Waals surface area contributed by atoms with Crippen molar-refractivity contribution in [2.45, 2.75) is 51.2 Å². The minimum Gasteiger partial charge on any atom is -0.373 e. The van der Waals surface area contributed by atoms with Crippen LogP contribution in [-0.4, -0.2) is 42.0 Å². The summed E-state index contributed by atoms with van der Waals surface area (Å²) >= 11 is 0. The summed E-state index contributed by atoms with van der Waals surface area (Å²) in [6.45, 7) is 7.11. The number of rotatable bonds is 3. The van der Waals surface area contributed by atoms with Crippen LogP contribution in [0.1, 0.15) is 39.5 Å². The number of nitrogens with zero attached hydrogens (tertiary/aromatic N) is 1. The van der Waals surface area contributed by atoms with Gasteiger partial charge in [0.2, 0.25) is 0 Å². The standard InChI is InChI=1S/C12H21NO2/c1-3-15-12(2)8-13(9-12)10-4-6-11(14)7-5-10/h10H,3-9H2,1-2H3. The Balaban J connectivity index is 1.77. The van der Waals surface area contributed by atoms with Crippen molar-refractivity contribution in [3.8, 4) is 0 Å². The fourth-order valence-corrected chi connectivity index (χ4v) is 2.80. The lowest BCUT2D eigenvalue weighted by Gasteiger charge is -2.51. The molecule has 3 nitrogen and oxygen atoms in total. The second kappa shape index (κ2) is 4.22. The molecule has 1 saturated heterocycles. The number of likely N-dealkylation sites (tertiary alicyclic amines) is 1. The third-order valence-corrected chi connectivity index (χ3v) is 3.60. The number of Topliss-reactive ketones (excluding diaryl/α,β-unsaturated/α-hetero) is 1. The summed E-state index contributed by atoms with van der Waals surface area (Å²) in [5.41, 5.74) is 0.0796. The molecule has 0 radical (unpaired) electrons. The van der Waals surface area contributed by atoms with Gasteiger partial charge in [0.05, 0.1) is 5.60 Å². The molecule has 0 bridgehead atoms. The van der Waals surface area contributed by atoms with Crippen molar-refractivity contribution in [2.75, 3.05) is 19.7 Å². The monoisotopic (exact) mass is 211 g/mol. The molecule has 1 aliphatic heterocycles. The van der Waals surface area contributed by atoms with Gasteiger partial charge >= 0.3 is 0 Å². The van der Waals surface area contributed by atoms with Crippen LogP contribution in [0.25, 0.3) is 0 Å². The van der Waals surface area contributed by atoms with Gasteiger partial charge in [-0.05, 0) is 26.7 Å². The van der Waals surface area contributed by atoms with E-state index in [1.807, 2.05) is 6.92 Å². The normalized spacial score (nSPS) is 27.7. The van der Waals surface area contributed by atoms with E-state index in [9.17, 15) is 4.79 Å². The molecular formula is C12H21NO2. The van der Waals surface area contributed by atoms with Gasteiger partial charge in [-0.25, -0.2) is 0 Å². The van der Waals surface area contributed by atoms with E-state index in [-0.39, 0.29) is 5.60 Å². The molecule has 0 aromatic carbocycles. The first-order valence-electron chi connectivity index (χ1n) is 6.03. The van der Waals surface area contributed by atoms with Gasteiger partial charge in [-0.2, -0.15) is 0 Å². The minimum atomic E-state index is 0.0796. The molecule has 86 valence electrons. The Hall–Kier alpha value is -0.410. The van der Waals surface area contributed by atoms with Gasteiger partial charge in [-0.3, -0.25) is 9.69 Å². The zero-order valence-corrected chi connectivity index (χ0v) is 9.79. The first kappa shape index (κ1) is 11.1. The van der Waals surface area contributed by atoms with Crippen LogP contribution < -0.4 is 0 Å². The van der Waals surface area contributed by atoms with Crippen molar-refractivity contribution in [2.24, 2.45) is 0 Å². The minimum absolute atomic E-state index is 0.0796. The van der Waals surface area contributed by atoms with Crippen LogP contribution in [0.5, 0.6) is 0 Å². The van der Waals surface area contributed by atoms with Crippen molar-refractivity contribution < 1.29 is 9.53 Å². The molecule has 0 amide bonds. The number of ether oxygens (including phenoxy) is 1. The summed E-state index contributed by atoms with van der Waals surface area (Å²) in [6.07, 6.45) is 3.68. The van der Waals surface area contributed by atoms with Gasteiger partial charge in [0.15, 0.2) is 0 Å². The lowest BCUT2D eigenvalue weighted by atomic mass is 9.87. The fraction of sp³-hybridized carbons (Fsp3) is 0.917. The predicted octanol–water partition coefficient (Wildman–Crippen LogP) is 1.61. The first-order chi connectivity index (χ1) is 7.13. The molecule has 0 N–H and O–H groups in total. The molecule has 1 saturated carbocycles. The third kappa shape index (κ3) is 2.40. The highest BCUT2D eigenvalue weighted by Gasteiger charge is 2.43. The van der Waals surface area contributed by atoms with E-state index in [1.54, 1.807) is 0 Å². The van der Waals surface area contributed by atoms with Gasteiger partial charge in [-0.1, -0.05) is 0 Å². The van der Waals surface area contributed by atoms with E-state index in [1.165, 1.54) is 0 Å². The van der Waals surface area contributed by atoms with E-state index in [0.717, 1.165) is 45.4 Å². The summed E-state index contributed by atoms with van der Waals surface area (Å²) in [6, 6.07) is 0.635. The summed E-state index contributed by atoms with van der Waals surface area (Å²) in [5.74, 6) is 0.444. The predicted molar refractivity (Wildman–Crippen MR) is 58.9 cm³/mol. The SMILES string of the molecule is CCOC1(C)CN(C2CCC(=O)CC2)C1. The molecule has 2 fully saturated rings. The Morgan fingerprint density at radius 2 is 2.00 bits per heavy atom. The second-order valence-electron chi connectivity index (χ2n) is 5.06. The van der Waals surface area contributed by atoms with Crippen LogP contribution in [0.2, 0.25) is 0 Å². The summed E-state index contributed by atoms with van der Waals surface area (Å²) < 4.78 is 5.70. The summed E-state index contributed by atoms with van der Waals surface area (Å²) in [4.78, 5) is 13.6. The molecule has 0 aromatic heterocycles. The highest BCUT2D eigenvalue weighted by atomic mass is 16.5. The number of carbonyl (C=O) groups is 1. The second-order valence-corrected chi connectivity index (χ2v) is 5.06. The van der Waals surface area contributed by atoms with E-state index in [4.69, 9.17) is 4.74 Å². The number of hydrogen-bond acceptors (Lipinski definition) is 3. The Morgan fingerprint density at radius 3 is 2.53 bits per heavy atom. The van der Waals surface area contributed by atoms with Crippen LogP contribution in [-0.2, 0) is 9.53 Å². The van der Waals surface area contributed by atoms with E-state index >= 15 is 0 Å². The molecular weight excluding hydrogens is 190 g/mol. The van der Waals surface area contributed by atoms with Crippen LogP contribution >= 0.6 is 0 Å². The van der Waals surface area contributed by atoms with Gasteiger partial charge in [-0.15, -0.1) is 0 Å². The molecule has 2 rings (SSSR count). The van der Waals surface area contributed by atoms with E-state index in [0.29, 0.717) is 11.8 Å². The van der Waals surface area contributed by atoms with Gasteiger partial charge in [0, 0.05) is 38.6 Å². The molecule has 0 aromatic rings. The van der Waals surface area contributed by atoms with E-state index in [2.05, 4.69) is 11.8 Å². The molecule has 3 heteroatoms. The topological polar surface area (TPSA) is 29.5 Å². The van der Waals surface area contributed by atoms with Crippen molar-refractivity contribution in [1.82, 2.24) is 4.90 Å². The zero-order valence-electron chi connectivity index (χ0n) is 9.79. The van der Waals surface area contributed by atoms with E-state index < -0.39 is 0 Å². The highest BCUT2D eigenvalue weighted by Crippen LogP contribution is 2.31. The maximum absolute atomic E-state index is 11.1. The zero-order chi connectivity index (χ0) is 10.9. The number of ketones is 1. The average molecular weight is 211 g/mol. The molecule has 0 unspecified atom stereocenters. The van der Waals surface area contributed by atoms with Crippen LogP contribution in [0.4, 0.5) is 0 Å². The molecule has 0 atom stereocenters. The van der Waals surface area contributed by atoms with Crippen molar-refractivity contribution >= 4 is 5.78 Å². The maximum Gasteiger partial charge on any atom is 0.133 e. The highest BCUT2D eigenvalue weighted by molar-refractivity contribution is 5.79. The maximum atomic E-state index is 11.1. The third-order valence-electron chi connectivity index (χ3n) is 3.60. The number of carbonyl (C=O) groups excluding carboxylic acids is 1. The lowest BCUT2D eigenvalue weighted by molar-refractivity contribution is -0.147. The molecule has 1 aliphatic carbocycles.